The van der Waals surface area contributed by atoms with E-state index < -0.39 is 0 Å². The van der Waals surface area contributed by atoms with Gasteiger partial charge in [-0.25, -0.2) is 0 Å². The molecule has 21 heavy (non-hydrogen) atoms. The van der Waals surface area contributed by atoms with E-state index in [2.05, 4.69) is 13.8 Å². The summed E-state index contributed by atoms with van der Waals surface area (Å²) in [6.07, 6.45) is 10.7. The predicted octanol–water partition coefficient (Wildman–Crippen LogP) is 3.75. The second kappa shape index (κ2) is 4.71. The average Bonchev–Trinajstić information content (AvgIpc) is 2.74. The van der Waals surface area contributed by atoms with Crippen molar-refractivity contribution in [2.75, 3.05) is 0 Å². The van der Waals surface area contributed by atoms with Gasteiger partial charge in [-0.05, 0) is 92.3 Å². The minimum Gasteiger partial charge on any atom is -0.393 e. The molecule has 0 bridgehead atoms. The fourth-order valence-electron chi connectivity index (χ4n) is 7.26. The van der Waals surface area contributed by atoms with Gasteiger partial charge in [0.05, 0.1) is 12.2 Å². The van der Waals surface area contributed by atoms with Crippen molar-refractivity contribution in [1.29, 1.82) is 0 Å². The van der Waals surface area contributed by atoms with Gasteiger partial charge in [-0.15, -0.1) is 0 Å². The minimum atomic E-state index is -0.0440. The van der Waals surface area contributed by atoms with Crippen molar-refractivity contribution in [2.45, 2.75) is 83.8 Å². The van der Waals surface area contributed by atoms with Gasteiger partial charge < -0.3 is 10.2 Å². The zero-order valence-corrected chi connectivity index (χ0v) is 13.7. The van der Waals surface area contributed by atoms with Crippen molar-refractivity contribution in [3.63, 3.8) is 0 Å². The van der Waals surface area contributed by atoms with Crippen molar-refractivity contribution >= 4 is 0 Å². The summed E-state index contributed by atoms with van der Waals surface area (Å²) in [6, 6.07) is 0. The molecule has 4 rings (SSSR count). The summed E-state index contributed by atoms with van der Waals surface area (Å²) in [4.78, 5) is 0. The maximum atomic E-state index is 10.2. The first-order valence-electron chi connectivity index (χ1n) is 9.28. The minimum absolute atomic E-state index is 0.0400. The fraction of sp³-hybridized carbons (Fsp3) is 1.00. The van der Waals surface area contributed by atoms with Gasteiger partial charge in [0.15, 0.2) is 0 Å². The highest BCUT2D eigenvalue weighted by molar-refractivity contribution is 5.08. The van der Waals surface area contributed by atoms with Crippen LogP contribution in [0.3, 0.4) is 0 Å². The van der Waals surface area contributed by atoms with E-state index in [1.54, 1.807) is 0 Å². The third-order valence-corrected chi connectivity index (χ3v) is 8.38. The second-order valence-corrected chi connectivity index (χ2v) is 9.37. The molecule has 0 spiro atoms. The van der Waals surface area contributed by atoms with Gasteiger partial charge in [-0.3, -0.25) is 0 Å². The Kier molecular flexibility index (Phi) is 3.25. The standard InChI is InChI=1S/C19H32O2/c1-18-7-6-16-15(17(18)10-14(21)11-18)4-3-12-9-13(20)5-8-19(12,16)2/h12-17,20-21H,3-11H2,1-2H3/t12-,13-,14-,15+,16+,17+,18+,19-/m0/s1. The van der Waals surface area contributed by atoms with Crippen LogP contribution in [0.1, 0.15) is 71.6 Å². The Balaban J connectivity index is 1.62. The van der Waals surface area contributed by atoms with E-state index in [1.807, 2.05) is 0 Å². The number of aliphatic hydroxyl groups excluding tert-OH is 2. The third-order valence-electron chi connectivity index (χ3n) is 8.38. The van der Waals surface area contributed by atoms with Crippen LogP contribution in [0.25, 0.3) is 0 Å². The summed E-state index contributed by atoms with van der Waals surface area (Å²) in [7, 11) is 0. The normalized spacial score (nSPS) is 60.0. The zero-order chi connectivity index (χ0) is 14.8. The molecule has 0 radical (unpaired) electrons. The van der Waals surface area contributed by atoms with Crippen molar-refractivity contribution in [1.82, 2.24) is 0 Å². The Labute approximate surface area is 129 Å². The number of hydrogen-bond donors (Lipinski definition) is 2. The number of rotatable bonds is 0. The van der Waals surface area contributed by atoms with Gasteiger partial charge in [-0.1, -0.05) is 13.8 Å². The Morgan fingerprint density at radius 1 is 0.810 bits per heavy atom. The molecule has 0 aromatic heterocycles. The lowest BCUT2D eigenvalue weighted by molar-refractivity contribution is -0.120. The number of fused-ring (bicyclic) bond motifs is 5. The van der Waals surface area contributed by atoms with Crippen molar-refractivity contribution in [3.05, 3.63) is 0 Å². The van der Waals surface area contributed by atoms with Crippen LogP contribution in [0, 0.1) is 34.5 Å². The first-order chi connectivity index (χ1) is 9.92. The first-order valence-corrected chi connectivity index (χ1v) is 9.28. The topological polar surface area (TPSA) is 40.5 Å². The molecule has 2 N–H and O–H groups in total. The lowest BCUT2D eigenvalue weighted by Gasteiger charge is -2.60. The quantitative estimate of drug-likeness (QED) is 0.714. The van der Waals surface area contributed by atoms with Crippen LogP contribution >= 0.6 is 0 Å². The summed E-state index contributed by atoms with van der Waals surface area (Å²) in [6.45, 7) is 4.98. The van der Waals surface area contributed by atoms with Crippen LogP contribution < -0.4 is 0 Å². The zero-order valence-electron chi connectivity index (χ0n) is 13.7. The summed E-state index contributed by atoms with van der Waals surface area (Å²) < 4.78 is 0. The van der Waals surface area contributed by atoms with Crippen LogP contribution in [0.15, 0.2) is 0 Å². The van der Waals surface area contributed by atoms with E-state index in [0.717, 1.165) is 49.4 Å². The summed E-state index contributed by atoms with van der Waals surface area (Å²) >= 11 is 0. The lowest BCUT2D eigenvalue weighted by Crippen LogP contribution is -2.53. The maximum absolute atomic E-state index is 10.2. The smallest absolute Gasteiger partial charge is 0.0548 e. The van der Waals surface area contributed by atoms with Crippen molar-refractivity contribution in [2.24, 2.45) is 34.5 Å². The van der Waals surface area contributed by atoms with Crippen LogP contribution in [-0.4, -0.2) is 22.4 Å². The van der Waals surface area contributed by atoms with E-state index in [9.17, 15) is 10.2 Å². The Morgan fingerprint density at radius 2 is 1.62 bits per heavy atom. The van der Waals surface area contributed by atoms with Crippen LogP contribution in [0.5, 0.6) is 0 Å². The van der Waals surface area contributed by atoms with Gasteiger partial charge in [0, 0.05) is 0 Å². The van der Waals surface area contributed by atoms with Gasteiger partial charge in [0.2, 0.25) is 0 Å². The first kappa shape index (κ1) is 14.5. The SMILES string of the molecule is C[C@]12CC[C@@H]3[C@@H](CC[C@H]4C[C@@H](O)CC[C@@]43C)[C@H]1C[C@H](O)C2. The molecule has 0 aliphatic heterocycles. The third kappa shape index (κ3) is 2.05. The number of hydrogen-bond acceptors (Lipinski definition) is 2. The lowest BCUT2D eigenvalue weighted by atomic mass is 9.45. The number of aliphatic hydroxyl groups is 2. The van der Waals surface area contributed by atoms with E-state index in [4.69, 9.17) is 0 Å². The molecule has 120 valence electrons. The summed E-state index contributed by atoms with van der Waals surface area (Å²) in [5.41, 5.74) is 0.884. The van der Waals surface area contributed by atoms with E-state index in [0.29, 0.717) is 10.8 Å². The highest BCUT2D eigenvalue weighted by Gasteiger charge is 2.58. The Morgan fingerprint density at radius 3 is 2.43 bits per heavy atom. The Hall–Kier alpha value is -0.0800. The predicted molar refractivity (Wildman–Crippen MR) is 83.7 cm³/mol. The Bertz CT molecular complexity index is 422. The summed E-state index contributed by atoms with van der Waals surface area (Å²) in [5.74, 6) is 3.21. The molecular weight excluding hydrogens is 260 g/mol. The molecule has 4 aliphatic carbocycles. The molecule has 0 saturated heterocycles. The molecule has 4 fully saturated rings. The van der Waals surface area contributed by atoms with E-state index in [-0.39, 0.29) is 12.2 Å². The highest BCUT2D eigenvalue weighted by atomic mass is 16.3. The van der Waals surface area contributed by atoms with Gasteiger partial charge >= 0.3 is 0 Å². The van der Waals surface area contributed by atoms with E-state index in [1.165, 1.54) is 32.1 Å². The molecule has 4 saturated carbocycles. The summed E-state index contributed by atoms with van der Waals surface area (Å²) in [5, 5.41) is 20.3. The molecule has 0 aromatic rings. The van der Waals surface area contributed by atoms with Crippen LogP contribution in [0.2, 0.25) is 0 Å². The van der Waals surface area contributed by atoms with Crippen molar-refractivity contribution < 1.29 is 10.2 Å². The molecule has 2 heteroatoms. The van der Waals surface area contributed by atoms with Crippen LogP contribution in [0.4, 0.5) is 0 Å². The van der Waals surface area contributed by atoms with Crippen LogP contribution in [-0.2, 0) is 0 Å². The van der Waals surface area contributed by atoms with Crippen molar-refractivity contribution in [3.8, 4) is 0 Å². The molecule has 2 nitrogen and oxygen atoms in total. The van der Waals surface area contributed by atoms with Gasteiger partial charge in [0.1, 0.15) is 0 Å². The average molecular weight is 292 g/mol. The van der Waals surface area contributed by atoms with E-state index >= 15 is 0 Å². The monoisotopic (exact) mass is 292 g/mol. The largest absolute Gasteiger partial charge is 0.393 e. The highest BCUT2D eigenvalue weighted by Crippen LogP contribution is 2.66. The van der Waals surface area contributed by atoms with Gasteiger partial charge in [-0.2, -0.15) is 0 Å². The molecule has 0 heterocycles. The fourth-order valence-corrected chi connectivity index (χ4v) is 7.26. The second-order valence-electron chi connectivity index (χ2n) is 9.37. The van der Waals surface area contributed by atoms with Gasteiger partial charge in [0.25, 0.3) is 0 Å². The molecule has 4 aliphatic rings. The molecule has 8 atom stereocenters. The molecule has 0 unspecified atom stereocenters. The maximum Gasteiger partial charge on any atom is 0.0548 e. The molecule has 0 aromatic carbocycles. The molecular formula is C19H32O2. The molecule has 0 amide bonds.